The van der Waals surface area contributed by atoms with E-state index in [0.717, 1.165) is 5.69 Å². The van der Waals surface area contributed by atoms with Crippen molar-refractivity contribution in [2.45, 2.75) is 0 Å². The van der Waals surface area contributed by atoms with Crippen LogP contribution in [0.15, 0.2) is 54.9 Å². The van der Waals surface area contributed by atoms with Gasteiger partial charge in [0, 0.05) is 24.8 Å². The summed E-state index contributed by atoms with van der Waals surface area (Å²) in [5.74, 6) is 2.30. The van der Waals surface area contributed by atoms with Crippen LogP contribution >= 0.6 is 0 Å². The minimum atomic E-state index is -0.179. The summed E-state index contributed by atoms with van der Waals surface area (Å²) in [6.07, 6.45) is 3.41. The van der Waals surface area contributed by atoms with E-state index in [4.69, 9.17) is 9.47 Å². The molecule has 3 aromatic rings. The molecule has 1 aliphatic rings. The first-order valence-electron chi connectivity index (χ1n) is 8.70. The molecular formula is C19H18N6O3. The third kappa shape index (κ3) is 4.26. The van der Waals surface area contributed by atoms with Crippen molar-refractivity contribution in [1.82, 2.24) is 20.5 Å². The minimum absolute atomic E-state index is 0.179. The standard InChI is InChI=1S/C19H18N6O3/c26-19(13-3-4-15-16(10-13)28-12-27-15)22-9-8-21-17-5-6-18(25-24-17)23-14-2-1-7-20-11-14/h1-7,10-11H,8-9,12H2,(H,21,24)(H,22,26)(H,23,25). The van der Waals surface area contributed by atoms with Gasteiger partial charge in [-0.05, 0) is 42.5 Å². The molecule has 1 amide bonds. The lowest BCUT2D eigenvalue weighted by Crippen LogP contribution is -2.28. The molecule has 0 unspecified atom stereocenters. The van der Waals surface area contributed by atoms with Crippen molar-refractivity contribution in [2.75, 3.05) is 30.5 Å². The third-order valence-electron chi connectivity index (χ3n) is 3.95. The Bertz CT molecular complexity index is 950. The molecule has 0 bridgehead atoms. The number of hydrogen-bond acceptors (Lipinski definition) is 8. The number of amides is 1. The van der Waals surface area contributed by atoms with E-state index < -0.39 is 0 Å². The van der Waals surface area contributed by atoms with Crippen molar-refractivity contribution < 1.29 is 14.3 Å². The molecule has 0 saturated carbocycles. The summed E-state index contributed by atoms with van der Waals surface area (Å²) in [6, 6.07) is 12.5. The first-order valence-corrected chi connectivity index (χ1v) is 8.70. The molecule has 9 heteroatoms. The fourth-order valence-corrected chi connectivity index (χ4v) is 2.58. The van der Waals surface area contributed by atoms with Crippen LogP contribution in [-0.4, -0.2) is 41.0 Å². The summed E-state index contributed by atoms with van der Waals surface area (Å²) in [5.41, 5.74) is 1.36. The molecule has 28 heavy (non-hydrogen) atoms. The summed E-state index contributed by atoms with van der Waals surface area (Å²) in [6.45, 7) is 1.13. The van der Waals surface area contributed by atoms with Crippen LogP contribution in [-0.2, 0) is 0 Å². The van der Waals surface area contributed by atoms with Crippen molar-refractivity contribution in [2.24, 2.45) is 0 Å². The van der Waals surface area contributed by atoms with Gasteiger partial charge in [0.25, 0.3) is 5.91 Å². The van der Waals surface area contributed by atoms with Gasteiger partial charge in [0.15, 0.2) is 17.3 Å². The first kappa shape index (κ1) is 17.5. The number of aromatic nitrogens is 3. The maximum Gasteiger partial charge on any atom is 0.251 e. The molecular weight excluding hydrogens is 360 g/mol. The van der Waals surface area contributed by atoms with Gasteiger partial charge >= 0.3 is 0 Å². The van der Waals surface area contributed by atoms with Gasteiger partial charge in [-0.3, -0.25) is 9.78 Å². The Morgan fingerprint density at radius 2 is 1.86 bits per heavy atom. The minimum Gasteiger partial charge on any atom is -0.454 e. The van der Waals surface area contributed by atoms with Crippen LogP contribution in [0.5, 0.6) is 11.5 Å². The number of pyridine rings is 1. The number of nitrogens with zero attached hydrogens (tertiary/aromatic N) is 3. The number of carbonyl (C=O) groups is 1. The molecule has 0 spiro atoms. The van der Waals surface area contributed by atoms with Crippen molar-refractivity contribution in [3.63, 3.8) is 0 Å². The highest BCUT2D eigenvalue weighted by Crippen LogP contribution is 2.32. The van der Waals surface area contributed by atoms with Gasteiger partial charge in [0.1, 0.15) is 5.82 Å². The normalized spacial score (nSPS) is 11.7. The van der Waals surface area contributed by atoms with E-state index in [-0.39, 0.29) is 12.7 Å². The summed E-state index contributed by atoms with van der Waals surface area (Å²) in [7, 11) is 0. The first-order chi connectivity index (χ1) is 13.8. The summed E-state index contributed by atoms with van der Waals surface area (Å²) in [5, 5.41) is 17.3. The molecule has 0 aliphatic carbocycles. The largest absolute Gasteiger partial charge is 0.454 e. The lowest BCUT2D eigenvalue weighted by atomic mass is 10.2. The van der Waals surface area contributed by atoms with Crippen molar-refractivity contribution >= 4 is 23.2 Å². The van der Waals surface area contributed by atoms with E-state index in [2.05, 4.69) is 31.1 Å². The zero-order chi connectivity index (χ0) is 19.2. The average Bonchev–Trinajstić information content (AvgIpc) is 3.21. The van der Waals surface area contributed by atoms with Gasteiger partial charge in [-0.25, -0.2) is 0 Å². The lowest BCUT2D eigenvalue weighted by Gasteiger charge is -2.08. The molecule has 1 aliphatic heterocycles. The molecule has 9 nitrogen and oxygen atoms in total. The molecule has 4 rings (SSSR count). The number of fused-ring (bicyclic) bond motifs is 1. The van der Waals surface area contributed by atoms with Crippen LogP contribution in [0.1, 0.15) is 10.4 Å². The second kappa shape index (κ2) is 8.21. The Morgan fingerprint density at radius 3 is 2.68 bits per heavy atom. The van der Waals surface area contributed by atoms with Crippen LogP contribution in [0, 0.1) is 0 Å². The molecule has 0 fully saturated rings. The number of benzene rings is 1. The predicted molar refractivity (Wildman–Crippen MR) is 103 cm³/mol. The number of hydrogen-bond donors (Lipinski definition) is 3. The van der Waals surface area contributed by atoms with Crippen molar-refractivity contribution in [3.8, 4) is 11.5 Å². The molecule has 142 valence electrons. The van der Waals surface area contributed by atoms with Gasteiger partial charge in [0.05, 0.1) is 11.9 Å². The van der Waals surface area contributed by atoms with Crippen LogP contribution < -0.4 is 25.4 Å². The number of anilines is 3. The van der Waals surface area contributed by atoms with Crippen LogP contribution in [0.3, 0.4) is 0 Å². The zero-order valence-electron chi connectivity index (χ0n) is 14.9. The number of ether oxygens (including phenoxy) is 2. The predicted octanol–water partition coefficient (Wildman–Crippen LogP) is 2.19. The Labute approximate surface area is 161 Å². The van der Waals surface area contributed by atoms with E-state index >= 15 is 0 Å². The summed E-state index contributed by atoms with van der Waals surface area (Å²) >= 11 is 0. The highest BCUT2D eigenvalue weighted by Gasteiger charge is 2.15. The van der Waals surface area contributed by atoms with Crippen molar-refractivity contribution in [3.05, 3.63) is 60.4 Å². The van der Waals surface area contributed by atoms with E-state index in [1.807, 2.05) is 24.3 Å². The maximum absolute atomic E-state index is 12.2. The van der Waals surface area contributed by atoms with E-state index in [1.54, 1.807) is 30.6 Å². The second-order valence-electron chi connectivity index (χ2n) is 5.92. The quantitative estimate of drug-likeness (QED) is 0.537. The molecule has 2 aromatic heterocycles. The maximum atomic E-state index is 12.2. The number of nitrogens with one attached hydrogen (secondary N) is 3. The summed E-state index contributed by atoms with van der Waals surface area (Å²) < 4.78 is 10.5. The Morgan fingerprint density at radius 1 is 1.00 bits per heavy atom. The Kier molecular flexibility index (Phi) is 5.14. The highest BCUT2D eigenvalue weighted by molar-refractivity contribution is 5.94. The highest BCUT2D eigenvalue weighted by atomic mass is 16.7. The number of rotatable bonds is 7. The molecule has 1 aromatic carbocycles. The lowest BCUT2D eigenvalue weighted by molar-refractivity contribution is 0.0954. The van der Waals surface area contributed by atoms with E-state index in [1.165, 1.54) is 0 Å². The van der Waals surface area contributed by atoms with Crippen LogP contribution in [0.2, 0.25) is 0 Å². The summed E-state index contributed by atoms with van der Waals surface area (Å²) in [4.78, 5) is 16.2. The van der Waals surface area contributed by atoms with Gasteiger partial charge in [-0.2, -0.15) is 0 Å². The monoisotopic (exact) mass is 378 g/mol. The fourth-order valence-electron chi connectivity index (χ4n) is 2.58. The average molecular weight is 378 g/mol. The van der Waals surface area contributed by atoms with E-state index in [0.29, 0.717) is 41.8 Å². The molecule has 3 heterocycles. The second-order valence-corrected chi connectivity index (χ2v) is 5.92. The Hall–Kier alpha value is -3.88. The zero-order valence-corrected chi connectivity index (χ0v) is 14.9. The van der Waals surface area contributed by atoms with Crippen molar-refractivity contribution in [1.29, 1.82) is 0 Å². The van der Waals surface area contributed by atoms with Gasteiger partial charge < -0.3 is 25.4 Å². The van der Waals surface area contributed by atoms with Gasteiger partial charge in [-0.15, -0.1) is 10.2 Å². The molecule has 0 radical (unpaired) electrons. The van der Waals surface area contributed by atoms with Gasteiger partial charge in [-0.1, -0.05) is 0 Å². The third-order valence-corrected chi connectivity index (χ3v) is 3.95. The molecule has 0 atom stereocenters. The smallest absolute Gasteiger partial charge is 0.251 e. The SMILES string of the molecule is O=C(NCCNc1ccc(Nc2cccnc2)nn1)c1ccc2c(c1)OCO2. The molecule has 3 N–H and O–H groups in total. The fraction of sp³-hybridized carbons (Fsp3) is 0.158. The van der Waals surface area contributed by atoms with Gasteiger partial charge in [0.2, 0.25) is 6.79 Å². The number of carbonyl (C=O) groups excluding carboxylic acids is 1. The Balaban J connectivity index is 1.22. The topological polar surface area (TPSA) is 110 Å². The van der Waals surface area contributed by atoms with Crippen LogP contribution in [0.4, 0.5) is 17.3 Å². The molecule has 0 saturated heterocycles. The van der Waals surface area contributed by atoms with Crippen LogP contribution in [0.25, 0.3) is 0 Å². The van der Waals surface area contributed by atoms with E-state index in [9.17, 15) is 4.79 Å².